The van der Waals surface area contributed by atoms with E-state index >= 15 is 0 Å². The van der Waals surface area contributed by atoms with Crippen LogP contribution in [0.1, 0.15) is 19.2 Å². The van der Waals surface area contributed by atoms with Crippen LogP contribution in [0.3, 0.4) is 0 Å². The molecule has 1 unspecified atom stereocenters. The largest absolute Gasteiger partial charge is 0.415 e. The quantitative estimate of drug-likeness (QED) is 0.810. The maximum atomic E-state index is 12.2. The maximum absolute atomic E-state index is 12.2. The summed E-state index contributed by atoms with van der Waals surface area (Å²) < 4.78 is 38.0. The Kier molecular flexibility index (Phi) is 5.03. The van der Waals surface area contributed by atoms with E-state index in [2.05, 4.69) is 15.5 Å². The Morgan fingerprint density at radius 1 is 1.44 bits per heavy atom. The zero-order valence-electron chi connectivity index (χ0n) is 10.2. The van der Waals surface area contributed by atoms with E-state index < -0.39 is 18.8 Å². The van der Waals surface area contributed by atoms with Crippen LogP contribution in [0.5, 0.6) is 0 Å². The van der Waals surface area contributed by atoms with Crippen LogP contribution in [-0.4, -0.2) is 56.1 Å². The zero-order chi connectivity index (χ0) is 13.8. The third-order valence-electron chi connectivity index (χ3n) is 2.32. The SMILES string of the molecule is CCCn1nnnc1CN(C)CC(O)C(F)(F)F. The summed E-state index contributed by atoms with van der Waals surface area (Å²) in [5.41, 5.74) is 0. The molecule has 0 saturated carbocycles. The fourth-order valence-electron chi connectivity index (χ4n) is 1.43. The summed E-state index contributed by atoms with van der Waals surface area (Å²) in [5.74, 6) is 0.480. The number of alkyl halides is 3. The number of aliphatic hydroxyl groups excluding tert-OH is 1. The van der Waals surface area contributed by atoms with Crippen molar-refractivity contribution < 1.29 is 18.3 Å². The van der Waals surface area contributed by atoms with Crippen LogP contribution in [0.25, 0.3) is 0 Å². The third-order valence-corrected chi connectivity index (χ3v) is 2.32. The van der Waals surface area contributed by atoms with Crippen LogP contribution in [0.2, 0.25) is 0 Å². The summed E-state index contributed by atoms with van der Waals surface area (Å²) in [7, 11) is 1.47. The fraction of sp³-hybridized carbons (Fsp3) is 0.889. The van der Waals surface area contributed by atoms with Gasteiger partial charge < -0.3 is 5.11 Å². The lowest BCUT2D eigenvalue weighted by molar-refractivity contribution is -0.207. The van der Waals surface area contributed by atoms with Gasteiger partial charge in [0.05, 0.1) is 6.54 Å². The minimum absolute atomic E-state index is 0.153. The minimum atomic E-state index is -4.61. The molecule has 0 aliphatic carbocycles. The molecule has 104 valence electrons. The first-order valence-corrected chi connectivity index (χ1v) is 5.53. The average molecular weight is 267 g/mol. The van der Waals surface area contributed by atoms with E-state index in [4.69, 9.17) is 5.11 Å². The van der Waals surface area contributed by atoms with Crippen LogP contribution in [0.4, 0.5) is 13.2 Å². The number of rotatable bonds is 6. The predicted octanol–water partition coefficient (Wildman–Crippen LogP) is 0.438. The molecule has 0 radical (unpaired) electrons. The second-order valence-electron chi connectivity index (χ2n) is 4.07. The molecule has 0 saturated heterocycles. The van der Waals surface area contributed by atoms with Gasteiger partial charge in [0.25, 0.3) is 0 Å². The second-order valence-corrected chi connectivity index (χ2v) is 4.07. The summed E-state index contributed by atoms with van der Waals surface area (Å²) >= 11 is 0. The van der Waals surface area contributed by atoms with E-state index in [1.54, 1.807) is 0 Å². The first kappa shape index (κ1) is 14.8. The van der Waals surface area contributed by atoms with Crippen LogP contribution in [0, 0.1) is 0 Å². The molecule has 1 N–H and O–H groups in total. The molecular weight excluding hydrogens is 251 g/mol. The summed E-state index contributed by atoms with van der Waals surface area (Å²) in [6, 6.07) is 0. The molecular formula is C9H16F3N5O. The number of tetrazole rings is 1. The van der Waals surface area contributed by atoms with Crippen molar-refractivity contribution in [2.24, 2.45) is 0 Å². The van der Waals surface area contributed by atoms with E-state index in [0.29, 0.717) is 12.4 Å². The number of nitrogens with zero attached hydrogens (tertiary/aromatic N) is 5. The first-order valence-electron chi connectivity index (χ1n) is 5.53. The highest BCUT2D eigenvalue weighted by Gasteiger charge is 2.38. The number of likely N-dealkylation sites (N-methyl/N-ethyl adjacent to an activating group) is 1. The number of hydrogen-bond acceptors (Lipinski definition) is 5. The van der Waals surface area contributed by atoms with Gasteiger partial charge >= 0.3 is 6.18 Å². The molecule has 0 bridgehead atoms. The van der Waals surface area contributed by atoms with Gasteiger partial charge in [-0.15, -0.1) is 5.10 Å². The number of aryl methyl sites for hydroxylation is 1. The van der Waals surface area contributed by atoms with Crippen molar-refractivity contribution in [1.82, 2.24) is 25.1 Å². The van der Waals surface area contributed by atoms with Crippen molar-refractivity contribution in [3.8, 4) is 0 Å². The topological polar surface area (TPSA) is 67.1 Å². The monoisotopic (exact) mass is 267 g/mol. The fourth-order valence-corrected chi connectivity index (χ4v) is 1.43. The summed E-state index contributed by atoms with van der Waals surface area (Å²) in [6.45, 7) is 2.20. The van der Waals surface area contributed by atoms with Crippen LogP contribution < -0.4 is 0 Å². The van der Waals surface area contributed by atoms with Crippen molar-refractivity contribution in [2.75, 3.05) is 13.6 Å². The second kappa shape index (κ2) is 6.10. The van der Waals surface area contributed by atoms with Crippen molar-refractivity contribution in [3.63, 3.8) is 0 Å². The van der Waals surface area contributed by atoms with E-state index in [-0.39, 0.29) is 6.54 Å². The Hall–Kier alpha value is -1.22. The molecule has 1 rings (SSSR count). The average Bonchev–Trinajstić information content (AvgIpc) is 2.64. The number of hydrogen-bond donors (Lipinski definition) is 1. The molecule has 1 aromatic rings. The lowest BCUT2D eigenvalue weighted by Gasteiger charge is -2.21. The Morgan fingerprint density at radius 2 is 2.11 bits per heavy atom. The van der Waals surface area contributed by atoms with E-state index in [1.165, 1.54) is 16.6 Å². The maximum Gasteiger partial charge on any atom is 0.415 e. The molecule has 0 aliphatic rings. The van der Waals surface area contributed by atoms with Gasteiger partial charge in [-0.1, -0.05) is 6.92 Å². The third kappa shape index (κ3) is 4.22. The van der Waals surface area contributed by atoms with E-state index in [0.717, 1.165) is 6.42 Å². The first-order chi connectivity index (χ1) is 8.34. The summed E-state index contributed by atoms with van der Waals surface area (Å²) in [5, 5.41) is 19.9. The summed E-state index contributed by atoms with van der Waals surface area (Å²) in [6.07, 6.45) is -6.14. The van der Waals surface area contributed by atoms with Crippen LogP contribution in [-0.2, 0) is 13.1 Å². The molecule has 0 aliphatic heterocycles. The van der Waals surface area contributed by atoms with Crippen LogP contribution >= 0.6 is 0 Å². The molecule has 1 atom stereocenters. The molecule has 18 heavy (non-hydrogen) atoms. The van der Waals surface area contributed by atoms with Crippen molar-refractivity contribution >= 4 is 0 Å². The number of halogens is 3. The smallest absolute Gasteiger partial charge is 0.382 e. The highest BCUT2D eigenvalue weighted by Crippen LogP contribution is 2.20. The van der Waals surface area contributed by atoms with Gasteiger partial charge in [-0.3, -0.25) is 4.90 Å². The Morgan fingerprint density at radius 3 is 2.67 bits per heavy atom. The van der Waals surface area contributed by atoms with Gasteiger partial charge in [-0.2, -0.15) is 13.2 Å². The van der Waals surface area contributed by atoms with Crippen molar-refractivity contribution in [3.05, 3.63) is 5.82 Å². The van der Waals surface area contributed by atoms with Gasteiger partial charge in [-0.05, 0) is 23.9 Å². The number of aromatic nitrogens is 4. The molecule has 0 amide bonds. The summed E-state index contributed by atoms with van der Waals surface area (Å²) in [4.78, 5) is 1.33. The van der Waals surface area contributed by atoms with Gasteiger partial charge in [-0.25, -0.2) is 4.68 Å². The van der Waals surface area contributed by atoms with E-state index in [9.17, 15) is 13.2 Å². The molecule has 0 fully saturated rings. The molecule has 1 heterocycles. The predicted molar refractivity (Wildman–Crippen MR) is 56.5 cm³/mol. The Bertz CT molecular complexity index is 367. The molecule has 0 spiro atoms. The highest BCUT2D eigenvalue weighted by atomic mass is 19.4. The number of aliphatic hydroxyl groups is 1. The standard InChI is InChI=1S/C9H16F3N5O/c1-3-4-17-8(13-14-15-17)6-16(2)5-7(18)9(10,11)12/h7,18H,3-6H2,1-2H3. The van der Waals surface area contributed by atoms with Gasteiger partial charge in [0, 0.05) is 13.1 Å². The molecule has 6 nitrogen and oxygen atoms in total. The Labute approximate surface area is 102 Å². The molecule has 0 aromatic carbocycles. The molecule has 1 aromatic heterocycles. The lowest BCUT2D eigenvalue weighted by Crippen LogP contribution is -2.39. The minimum Gasteiger partial charge on any atom is -0.382 e. The van der Waals surface area contributed by atoms with Crippen LogP contribution in [0.15, 0.2) is 0 Å². The van der Waals surface area contributed by atoms with Gasteiger partial charge in [0.15, 0.2) is 11.9 Å². The lowest BCUT2D eigenvalue weighted by atomic mass is 10.3. The van der Waals surface area contributed by atoms with Gasteiger partial charge in [0.2, 0.25) is 0 Å². The molecule has 9 heteroatoms. The van der Waals surface area contributed by atoms with E-state index in [1.807, 2.05) is 6.92 Å². The zero-order valence-corrected chi connectivity index (χ0v) is 10.2. The van der Waals surface area contributed by atoms with Crippen molar-refractivity contribution in [2.45, 2.75) is 38.7 Å². The Balaban J connectivity index is 2.54. The van der Waals surface area contributed by atoms with Gasteiger partial charge in [0.1, 0.15) is 0 Å². The van der Waals surface area contributed by atoms with Crippen molar-refractivity contribution in [1.29, 1.82) is 0 Å². The highest BCUT2D eigenvalue weighted by molar-refractivity contribution is 4.81. The normalized spacial score (nSPS) is 14.2.